The van der Waals surface area contributed by atoms with Gasteiger partial charge in [-0.05, 0) is 36.1 Å². The molecule has 0 spiro atoms. The van der Waals surface area contributed by atoms with Crippen LogP contribution >= 0.6 is 0 Å². The molecular formula is C19H30O5Si. The van der Waals surface area contributed by atoms with E-state index in [1.54, 1.807) is 0 Å². The van der Waals surface area contributed by atoms with Crippen molar-refractivity contribution in [2.45, 2.75) is 46.1 Å². The minimum Gasteiger partial charge on any atom is -0.454 e. The van der Waals surface area contributed by atoms with Crippen molar-refractivity contribution in [2.24, 2.45) is 0 Å². The van der Waals surface area contributed by atoms with Crippen molar-refractivity contribution in [3.05, 3.63) is 23.3 Å². The van der Waals surface area contributed by atoms with Gasteiger partial charge in [0.1, 0.15) is 0 Å². The highest BCUT2D eigenvalue weighted by molar-refractivity contribution is 5.75. The lowest BCUT2D eigenvalue weighted by Gasteiger charge is -2.11. The summed E-state index contributed by atoms with van der Waals surface area (Å²) in [6.45, 7) is 8.47. The standard InChI is InChI=1S/C19H30O5.Si/c1-3-5-7-20-8-9-21-10-11-22-14-17-13-19-18(23-15-24-19)12-16(17)6-4-2;/h12-13H,3-11,14-15H2,1-2H3;. The fourth-order valence-electron chi connectivity index (χ4n) is 2.53. The summed E-state index contributed by atoms with van der Waals surface area (Å²) in [5.74, 6) is 1.66. The molecule has 1 heterocycles. The first-order valence-electron chi connectivity index (χ1n) is 8.99. The van der Waals surface area contributed by atoms with Gasteiger partial charge in [0.05, 0.1) is 33.0 Å². The van der Waals surface area contributed by atoms with Gasteiger partial charge in [-0.1, -0.05) is 26.7 Å². The van der Waals surface area contributed by atoms with Gasteiger partial charge in [-0.25, -0.2) is 0 Å². The molecule has 0 saturated heterocycles. The predicted molar refractivity (Wildman–Crippen MR) is 98.5 cm³/mol. The summed E-state index contributed by atoms with van der Waals surface area (Å²) in [4.78, 5) is 0. The third-order valence-corrected chi connectivity index (χ3v) is 3.86. The van der Waals surface area contributed by atoms with Crippen LogP contribution in [0.2, 0.25) is 0 Å². The molecule has 5 nitrogen and oxygen atoms in total. The van der Waals surface area contributed by atoms with Gasteiger partial charge in [0.25, 0.3) is 0 Å². The number of rotatable bonds is 13. The Balaban J connectivity index is 0.00000312. The summed E-state index contributed by atoms with van der Waals surface area (Å²) in [5, 5.41) is 0. The molecule has 2 rings (SSSR count). The fourth-order valence-corrected chi connectivity index (χ4v) is 2.53. The minimum absolute atomic E-state index is 0. The fraction of sp³-hybridized carbons (Fsp3) is 0.684. The molecule has 0 amide bonds. The van der Waals surface area contributed by atoms with Crippen LogP contribution in [0, 0.1) is 0 Å². The van der Waals surface area contributed by atoms with Crippen LogP contribution in [0.5, 0.6) is 11.5 Å². The number of benzene rings is 1. The van der Waals surface area contributed by atoms with E-state index in [0.29, 0.717) is 39.8 Å². The van der Waals surface area contributed by atoms with Crippen molar-refractivity contribution in [1.29, 1.82) is 0 Å². The lowest BCUT2D eigenvalue weighted by molar-refractivity contribution is 0.0101. The molecular weight excluding hydrogens is 336 g/mol. The highest BCUT2D eigenvalue weighted by Gasteiger charge is 2.16. The number of fused-ring (bicyclic) bond motifs is 1. The molecule has 25 heavy (non-hydrogen) atoms. The first-order valence-corrected chi connectivity index (χ1v) is 8.99. The van der Waals surface area contributed by atoms with Gasteiger partial charge in [-0.3, -0.25) is 0 Å². The molecule has 1 aromatic rings. The predicted octanol–water partition coefficient (Wildman–Crippen LogP) is 3.34. The van der Waals surface area contributed by atoms with Crippen LogP contribution in [0.1, 0.15) is 44.2 Å². The van der Waals surface area contributed by atoms with Gasteiger partial charge in [0.2, 0.25) is 6.79 Å². The molecule has 0 saturated carbocycles. The maximum absolute atomic E-state index is 5.75. The van der Waals surface area contributed by atoms with Crippen LogP contribution in [0.3, 0.4) is 0 Å². The average Bonchev–Trinajstić information content (AvgIpc) is 3.04. The van der Waals surface area contributed by atoms with Crippen LogP contribution in [0.25, 0.3) is 0 Å². The molecule has 6 heteroatoms. The first kappa shape index (κ1) is 22.0. The second kappa shape index (κ2) is 13.2. The lowest BCUT2D eigenvalue weighted by atomic mass is 10.0. The van der Waals surface area contributed by atoms with E-state index in [0.717, 1.165) is 43.8 Å². The zero-order chi connectivity index (χ0) is 17.0. The molecule has 1 aliphatic rings. The Morgan fingerprint density at radius 1 is 0.800 bits per heavy atom. The summed E-state index contributed by atoms with van der Waals surface area (Å²) in [5.41, 5.74) is 2.44. The molecule has 1 aliphatic heterocycles. The first-order chi connectivity index (χ1) is 11.8. The van der Waals surface area contributed by atoms with Gasteiger partial charge in [0, 0.05) is 17.6 Å². The van der Waals surface area contributed by atoms with E-state index in [9.17, 15) is 0 Å². The van der Waals surface area contributed by atoms with E-state index in [1.807, 2.05) is 6.07 Å². The molecule has 0 fully saturated rings. The van der Waals surface area contributed by atoms with E-state index < -0.39 is 0 Å². The van der Waals surface area contributed by atoms with Crippen molar-refractivity contribution in [3.63, 3.8) is 0 Å². The molecule has 140 valence electrons. The summed E-state index contributed by atoms with van der Waals surface area (Å²) in [7, 11) is 0. The van der Waals surface area contributed by atoms with E-state index in [4.69, 9.17) is 23.7 Å². The molecule has 0 N–H and O–H groups in total. The molecule has 0 aromatic heterocycles. The zero-order valence-corrected chi connectivity index (χ0v) is 16.5. The normalized spacial score (nSPS) is 12.2. The van der Waals surface area contributed by atoms with Crippen molar-refractivity contribution >= 4 is 11.0 Å². The van der Waals surface area contributed by atoms with E-state index >= 15 is 0 Å². The Morgan fingerprint density at radius 2 is 1.40 bits per heavy atom. The van der Waals surface area contributed by atoms with Crippen LogP contribution in [0.4, 0.5) is 0 Å². The summed E-state index contributed by atoms with van der Waals surface area (Å²) in [6.07, 6.45) is 4.38. The van der Waals surface area contributed by atoms with Gasteiger partial charge < -0.3 is 23.7 Å². The third kappa shape index (κ3) is 7.77. The van der Waals surface area contributed by atoms with Crippen molar-refractivity contribution in [1.82, 2.24) is 0 Å². The van der Waals surface area contributed by atoms with Crippen molar-refractivity contribution < 1.29 is 23.7 Å². The Kier molecular flexibility index (Phi) is 11.6. The smallest absolute Gasteiger partial charge is 0.231 e. The van der Waals surface area contributed by atoms with E-state index in [1.165, 1.54) is 11.1 Å². The highest BCUT2D eigenvalue weighted by atomic mass is 28.1. The number of unbranched alkanes of at least 4 members (excludes halogenated alkanes) is 1. The summed E-state index contributed by atoms with van der Waals surface area (Å²) in [6, 6.07) is 4.12. The maximum atomic E-state index is 5.75. The van der Waals surface area contributed by atoms with Crippen molar-refractivity contribution in [3.8, 4) is 11.5 Å². The highest BCUT2D eigenvalue weighted by Crippen LogP contribution is 2.35. The Morgan fingerprint density at radius 3 is 2.04 bits per heavy atom. The van der Waals surface area contributed by atoms with Crippen LogP contribution < -0.4 is 9.47 Å². The number of aryl methyl sites for hydroxylation is 1. The van der Waals surface area contributed by atoms with Gasteiger partial charge in [-0.2, -0.15) is 0 Å². The lowest BCUT2D eigenvalue weighted by Crippen LogP contribution is -2.10. The van der Waals surface area contributed by atoms with Gasteiger partial charge >= 0.3 is 0 Å². The molecule has 0 atom stereocenters. The van der Waals surface area contributed by atoms with Crippen LogP contribution in [-0.4, -0.2) is 50.8 Å². The Labute approximate surface area is 156 Å². The maximum Gasteiger partial charge on any atom is 0.231 e. The van der Waals surface area contributed by atoms with Gasteiger partial charge in [0.15, 0.2) is 11.5 Å². The molecule has 0 aliphatic carbocycles. The van der Waals surface area contributed by atoms with Gasteiger partial charge in [-0.15, -0.1) is 0 Å². The number of hydrogen-bond acceptors (Lipinski definition) is 5. The Hall–Kier alpha value is -1.08. The quantitative estimate of drug-likeness (QED) is 0.396. The Bertz CT molecular complexity index is 481. The average molecular weight is 367 g/mol. The summed E-state index contributed by atoms with van der Waals surface area (Å²) < 4.78 is 27.6. The minimum atomic E-state index is 0. The second-order valence-corrected chi connectivity index (χ2v) is 5.86. The SMILES string of the molecule is CCCCOCCOCCOCc1cc2c(cc1CCC)OCO2.[Si]. The topological polar surface area (TPSA) is 46.2 Å². The molecule has 1 aromatic carbocycles. The monoisotopic (exact) mass is 366 g/mol. The largest absolute Gasteiger partial charge is 0.454 e. The van der Waals surface area contributed by atoms with Crippen LogP contribution in [-0.2, 0) is 27.2 Å². The third-order valence-electron chi connectivity index (χ3n) is 3.86. The number of ether oxygens (including phenoxy) is 5. The van der Waals surface area contributed by atoms with Crippen LogP contribution in [0.15, 0.2) is 12.1 Å². The summed E-state index contributed by atoms with van der Waals surface area (Å²) >= 11 is 0. The van der Waals surface area contributed by atoms with E-state index in [-0.39, 0.29) is 11.0 Å². The van der Waals surface area contributed by atoms with E-state index in [2.05, 4.69) is 19.9 Å². The second-order valence-electron chi connectivity index (χ2n) is 5.86. The van der Waals surface area contributed by atoms with Crippen molar-refractivity contribution in [2.75, 3.05) is 39.8 Å². The molecule has 0 bridgehead atoms. The number of hydrogen-bond donors (Lipinski definition) is 0. The molecule has 4 radical (unpaired) electrons. The molecule has 0 unspecified atom stereocenters. The zero-order valence-electron chi connectivity index (χ0n) is 15.5.